The molecule has 1 saturated heterocycles. The molecule has 7 heteroatoms. The van der Waals surface area contributed by atoms with Gasteiger partial charge in [0, 0.05) is 31.2 Å². The average Bonchev–Trinajstić information content (AvgIpc) is 2.56. The van der Waals surface area contributed by atoms with Crippen LogP contribution in [-0.4, -0.2) is 48.1 Å². The van der Waals surface area contributed by atoms with E-state index >= 15 is 0 Å². The minimum absolute atomic E-state index is 0.262. The number of likely N-dealkylation sites (N-methyl/N-ethyl adjacent to an activating group) is 1. The van der Waals surface area contributed by atoms with Crippen LogP contribution in [0.4, 0.5) is 11.8 Å². The number of anilines is 2. The van der Waals surface area contributed by atoms with Crippen molar-refractivity contribution in [3.63, 3.8) is 0 Å². The molecule has 0 unspecified atom stereocenters. The molecule has 2 heterocycles. The molecule has 1 fully saturated rings. The summed E-state index contributed by atoms with van der Waals surface area (Å²) in [6.07, 6.45) is 1.64. The van der Waals surface area contributed by atoms with Crippen LogP contribution in [0.15, 0.2) is 30.5 Å². The first-order chi connectivity index (χ1) is 11.1. The van der Waals surface area contributed by atoms with Crippen LogP contribution >= 0.6 is 11.6 Å². The fourth-order valence-corrected chi connectivity index (χ4v) is 2.59. The number of ether oxygens (including phenoxy) is 1. The first-order valence-corrected chi connectivity index (χ1v) is 7.93. The zero-order valence-electron chi connectivity index (χ0n) is 13.1. The molecule has 0 amide bonds. The van der Waals surface area contributed by atoms with Crippen LogP contribution in [0.1, 0.15) is 5.56 Å². The van der Waals surface area contributed by atoms with Gasteiger partial charge in [-0.25, -0.2) is 4.98 Å². The SMILES string of the molecule is CN1CCN(c2nc(N)ncc2OCc2ccc(Cl)cc2)CC1. The molecule has 0 aliphatic carbocycles. The predicted octanol–water partition coefficient (Wildman–Crippen LogP) is 2.04. The van der Waals surface area contributed by atoms with Crippen molar-refractivity contribution in [2.45, 2.75) is 6.61 Å². The third-order valence-electron chi connectivity index (χ3n) is 3.87. The van der Waals surface area contributed by atoms with E-state index in [1.54, 1.807) is 6.20 Å². The molecule has 0 bridgehead atoms. The van der Waals surface area contributed by atoms with Gasteiger partial charge in [-0.3, -0.25) is 0 Å². The second kappa shape index (κ2) is 7.02. The van der Waals surface area contributed by atoms with Gasteiger partial charge in [-0.2, -0.15) is 4.98 Å². The first kappa shape index (κ1) is 15.8. The Morgan fingerprint density at radius 2 is 1.87 bits per heavy atom. The van der Waals surface area contributed by atoms with Gasteiger partial charge < -0.3 is 20.3 Å². The molecule has 2 N–H and O–H groups in total. The summed E-state index contributed by atoms with van der Waals surface area (Å²) >= 11 is 5.90. The summed E-state index contributed by atoms with van der Waals surface area (Å²) in [5, 5.41) is 0.711. The van der Waals surface area contributed by atoms with Gasteiger partial charge in [0.2, 0.25) is 5.95 Å². The average molecular weight is 334 g/mol. The van der Waals surface area contributed by atoms with E-state index in [1.165, 1.54) is 0 Å². The summed E-state index contributed by atoms with van der Waals surface area (Å²) in [6.45, 7) is 4.20. The minimum atomic E-state index is 0.262. The van der Waals surface area contributed by atoms with Crippen molar-refractivity contribution in [1.29, 1.82) is 0 Å². The first-order valence-electron chi connectivity index (χ1n) is 7.55. The van der Waals surface area contributed by atoms with Crippen LogP contribution < -0.4 is 15.4 Å². The van der Waals surface area contributed by atoms with Crippen molar-refractivity contribution in [3.05, 3.63) is 41.0 Å². The van der Waals surface area contributed by atoms with E-state index in [1.807, 2.05) is 24.3 Å². The molecule has 0 spiro atoms. The lowest BCUT2D eigenvalue weighted by atomic mass is 10.2. The molecule has 3 rings (SSSR count). The van der Waals surface area contributed by atoms with Crippen molar-refractivity contribution >= 4 is 23.4 Å². The van der Waals surface area contributed by atoms with E-state index < -0.39 is 0 Å². The number of hydrogen-bond acceptors (Lipinski definition) is 6. The summed E-state index contributed by atoms with van der Waals surface area (Å²) in [4.78, 5) is 12.9. The van der Waals surface area contributed by atoms with Gasteiger partial charge in [-0.15, -0.1) is 0 Å². The normalized spacial score (nSPS) is 15.7. The number of aromatic nitrogens is 2. The Morgan fingerprint density at radius 1 is 1.17 bits per heavy atom. The summed E-state index contributed by atoms with van der Waals surface area (Å²) in [5.41, 5.74) is 6.79. The number of hydrogen-bond donors (Lipinski definition) is 1. The topological polar surface area (TPSA) is 67.5 Å². The molecule has 1 aromatic carbocycles. The van der Waals surface area contributed by atoms with E-state index in [9.17, 15) is 0 Å². The highest BCUT2D eigenvalue weighted by Crippen LogP contribution is 2.27. The fourth-order valence-electron chi connectivity index (χ4n) is 2.46. The summed E-state index contributed by atoms with van der Waals surface area (Å²) < 4.78 is 5.92. The van der Waals surface area contributed by atoms with Crippen molar-refractivity contribution in [2.24, 2.45) is 0 Å². The van der Waals surface area contributed by atoms with Crippen LogP contribution in [-0.2, 0) is 6.61 Å². The number of piperazine rings is 1. The molecule has 122 valence electrons. The summed E-state index contributed by atoms with van der Waals surface area (Å²) in [7, 11) is 2.11. The van der Waals surface area contributed by atoms with Crippen LogP contribution in [0, 0.1) is 0 Å². The van der Waals surface area contributed by atoms with E-state index in [4.69, 9.17) is 22.1 Å². The fraction of sp³-hybridized carbons (Fsp3) is 0.375. The Labute approximate surface area is 140 Å². The molecule has 0 radical (unpaired) electrons. The molecule has 1 aromatic heterocycles. The lowest BCUT2D eigenvalue weighted by Gasteiger charge is -2.33. The maximum absolute atomic E-state index is 5.92. The number of benzene rings is 1. The number of halogens is 1. The second-order valence-electron chi connectivity index (χ2n) is 5.62. The number of nitrogen functional groups attached to an aromatic ring is 1. The van der Waals surface area contributed by atoms with Crippen molar-refractivity contribution in [1.82, 2.24) is 14.9 Å². The number of rotatable bonds is 4. The van der Waals surface area contributed by atoms with Crippen LogP contribution in [0.5, 0.6) is 5.75 Å². The molecule has 23 heavy (non-hydrogen) atoms. The molecule has 1 aliphatic rings. The van der Waals surface area contributed by atoms with Crippen molar-refractivity contribution < 1.29 is 4.74 Å². The lowest BCUT2D eigenvalue weighted by molar-refractivity contribution is 0.293. The Bertz CT molecular complexity index is 656. The Morgan fingerprint density at radius 3 is 2.57 bits per heavy atom. The zero-order valence-corrected chi connectivity index (χ0v) is 13.8. The van der Waals surface area contributed by atoms with Crippen LogP contribution in [0.2, 0.25) is 5.02 Å². The lowest BCUT2D eigenvalue weighted by Crippen LogP contribution is -2.45. The van der Waals surface area contributed by atoms with Crippen molar-refractivity contribution in [2.75, 3.05) is 43.9 Å². The van der Waals surface area contributed by atoms with Gasteiger partial charge >= 0.3 is 0 Å². The molecule has 2 aromatic rings. The number of nitrogens with two attached hydrogens (primary N) is 1. The smallest absolute Gasteiger partial charge is 0.222 e. The van der Waals surface area contributed by atoms with Crippen LogP contribution in [0.25, 0.3) is 0 Å². The largest absolute Gasteiger partial charge is 0.483 e. The van der Waals surface area contributed by atoms with Gasteiger partial charge in [0.15, 0.2) is 11.6 Å². The van der Waals surface area contributed by atoms with Gasteiger partial charge in [0.05, 0.1) is 6.20 Å². The zero-order chi connectivity index (χ0) is 16.2. The Hall–Kier alpha value is -2.05. The Balaban J connectivity index is 1.74. The molecule has 1 aliphatic heterocycles. The third kappa shape index (κ3) is 4.03. The van der Waals surface area contributed by atoms with Gasteiger partial charge in [-0.05, 0) is 24.7 Å². The third-order valence-corrected chi connectivity index (χ3v) is 4.12. The van der Waals surface area contributed by atoms with Gasteiger partial charge in [0.25, 0.3) is 0 Å². The predicted molar refractivity (Wildman–Crippen MR) is 91.9 cm³/mol. The van der Waals surface area contributed by atoms with Crippen LogP contribution in [0.3, 0.4) is 0 Å². The highest BCUT2D eigenvalue weighted by Gasteiger charge is 2.20. The maximum Gasteiger partial charge on any atom is 0.222 e. The molecular formula is C16H20ClN5O. The molecule has 6 nitrogen and oxygen atoms in total. The molecular weight excluding hydrogens is 314 g/mol. The van der Waals surface area contributed by atoms with Crippen molar-refractivity contribution in [3.8, 4) is 5.75 Å². The molecule has 0 atom stereocenters. The number of nitrogens with zero attached hydrogens (tertiary/aromatic N) is 4. The quantitative estimate of drug-likeness (QED) is 0.923. The highest BCUT2D eigenvalue weighted by molar-refractivity contribution is 6.30. The van der Waals surface area contributed by atoms with E-state index in [0.717, 1.165) is 37.6 Å². The van der Waals surface area contributed by atoms with Gasteiger partial charge in [-0.1, -0.05) is 23.7 Å². The highest BCUT2D eigenvalue weighted by atomic mass is 35.5. The maximum atomic E-state index is 5.92. The summed E-state index contributed by atoms with van der Waals surface area (Å²) in [6, 6.07) is 7.58. The second-order valence-corrected chi connectivity index (χ2v) is 6.06. The Kier molecular flexibility index (Phi) is 4.83. The van der Waals surface area contributed by atoms with E-state index in [2.05, 4.69) is 26.8 Å². The molecule has 0 saturated carbocycles. The van der Waals surface area contributed by atoms with Gasteiger partial charge in [0.1, 0.15) is 6.61 Å². The minimum Gasteiger partial charge on any atom is -0.483 e. The summed E-state index contributed by atoms with van der Waals surface area (Å²) in [5.74, 6) is 1.68. The monoisotopic (exact) mass is 333 g/mol. The van der Waals surface area contributed by atoms with E-state index in [0.29, 0.717) is 17.4 Å². The standard InChI is InChI=1S/C16H20ClN5O/c1-21-6-8-22(9-7-21)15-14(10-19-16(18)20-15)23-11-12-2-4-13(17)5-3-12/h2-5,10H,6-9,11H2,1H3,(H2,18,19,20). The van der Waals surface area contributed by atoms with E-state index in [-0.39, 0.29) is 5.95 Å².